The van der Waals surface area contributed by atoms with Crippen molar-refractivity contribution in [1.82, 2.24) is 5.32 Å². The Morgan fingerprint density at radius 2 is 1.94 bits per heavy atom. The Bertz CT molecular complexity index is 1220. The standard InChI is InChI=1S/C24H23BrN2O4S2/c1-2-30-23(29)20-16-9-5-6-10-18(16)33-22(20)27-24(32)26-19(28)13-31-17-12-11-14-7-3-4-8-15(14)21(17)25/h3-4,7-8,11-12H,2,5-6,9-10,13H2,1H3,(H2,26,27,28,32). The van der Waals surface area contributed by atoms with E-state index in [1.54, 1.807) is 6.92 Å². The molecule has 0 fully saturated rings. The molecule has 0 bridgehead atoms. The zero-order chi connectivity index (χ0) is 23.4. The molecule has 2 aromatic carbocycles. The monoisotopic (exact) mass is 546 g/mol. The Labute approximate surface area is 209 Å². The average molecular weight is 547 g/mol. The summed E-state index contributed by atoms with van der Waals surface area (Å²) in [4.78, 5) is 26.2. The van der Waals surface area contributed by atoms with E-state index >= 15 is 0 Å². The van der Waals surface area contributed by atoms with Gasteiger partial charge in [0.15, 0.2) is 11.7 Å². The summed E-state index contributed by atoms with van der Waals surface area (Å²) in [5.74, 6) is -0.192. The van der Waals surface area contributed by atoms with Gasteiger partial charge >= 0.3 is 5.97 Å². The fourth-order valence-corrected chi connectivity index (χ4v) is 6.01. The molecule has 0 saturated carbocycles. The molecule has 0 radical (unpaired) electrons. The summed E-state index contributed by atoms with van der Waals surface area (Å²) in [6.45, 7) is 1.87. The molecule has 1 amide bonds. The fraction of sp³-hybridized carbons (Fsp3) is 0.292. The van der Waals surface area contributed by atoms with E-state index in [1.807, 2.05) is 36.4 Å². The summed E-state index contributed by atoms with van der Waals surface area (Å²) in [6, 6.07) is 11.7. The quantitative estimate of drug-likeness (QED) is 0.309. The third kappa shape index (κ3) is 5.37. The van der Waals surface area contributed by atoms with Gasteiger partial charge in [0.05, 0.1) is 16.6 Å². The molecule has 3 aromatic rings. The Kier molecular flexibility index (Phi) is 7.62. The van der Waals surface area contributed by atoms with Crippen LogP contribution in [0.15, 0.2) is 40.9 Å². The van der Waals surface area contributed by atoms with E-state index in [0.29, 0.717) is 22.9 Å². The normalized spacial score (nSPS) is 12.7. The number of aryl methyl sites for hydroxylation is 1. The number of halogens is 1. The van der Waals surface area contributed by atoms with E-state index in [0.717, 1.165) is 46.5 Å². The highest BCUT2D eigenvalue weighted by atomic mass is 79.9. The first-order valence-electron chi connectivity index (χ1n) is 10.7. The number of amides is 1. The molecular formula is C24H23BrN2O4S2. The Hall–Kier alpha value is -2.49. The predicted molar refractivity (Wildman–Crippen MR) is 138 cm³/mol. The van der Waals surface area contributed by atoms with Crippen molar-refractivity contribution in [3.05, 3.63) is 56.9 Å². The molecule has 0 unspecified atom stereocenters. The zero-order valence-electron chi connectivity index (χ0n) is 18.0. The molecule has 1 heterocycles. The molecular weight excluding hydrogens is 524 g/mol. The van der Waals surface area contributed by atoms with Crippen LogP contribution in [0.3, 0.4) is 0 Å². The summed E-state index contributed by atoms with van der Waals surface area (Å²) in [6.07, 6.45) is 3.91. The van der Waals surface area contributed by atoms with Crippen LogP contribution >= 0.6 is 39.5 Å². The molecule has 0 spiro atoms. The fourth-order valence-electron chi connectivity index (χ4n) is 3.84. The van der Waals surface area contributed by atoms with Gasteiger partial charge in [-0.15, -0.1) is 11.3 Å². The van der Waals surface area contributed by atoms with Gasteiger partial charge in [-0.25, -0.2) is 4.79 Å². The number of carbonyl (C=O) groups is 2. The van der Waals surface area contributed by atoms with E-state index in [9.17, 15) is 9.59 Å². The molecule has 1 aliphatic carbocycles. The average Bonchev–Trinajstić information content (AvgIpc) is 3.16. The van der Waals surface area contributed by atoms with Crippen LogP contribution in [-0.2, 0) is 22.4 Å². The van der Waals surface area contributed by atoms with Crippen molar-refractivity contribution >= 4 is 72.2 Å². The number of rotatable bonds is 6. The first kappa shape index (κ1) is 23.7. The molecule has 1 aliphatic rings. The number of thiocarbonyl (C=S) groups is 1. The molecule has 172 valence electrons. The number of fused-ring (bicyclic) bond motifs is 2. The number of nitrogens with one attached hydrogen (secondary N) is 2. The van der Waals surface area contributed by atoms with Crippen LogP contribution in [0.25, 0.3) is 10.8 Å². The lowest BCUT2D eigenvalue weighted by Crippen LogP contribution is -2.37. The summed E-state index contributed by atoms with van der Waals surface area (Å²) in [5.41, 5.74) is 1.57. The SMILES string of the molecule is CCOC(=O)c1c(NC(=S)NC(=O)COc2ccc3ccccc3c2Br)sc2c1CCCC2. The van der Waals surface area contributed by atoms with Gasteiger partial charge in [-0.2, -0.15) is 0 Å². The number of anilines is 1. The van der Waals surface area contributed by atoms with Gasteiger partial charge in [-0.05, 0) is 83.2 Å². The second kappa shape index (κ2) is 10.6. The molecule has 1 aromatic heterocycles. The zero-order valence-corrected chi connectivity index (χ0v) is 21.3. The van der Waals surface area contributed by atoms with Gasteiger partial charge in [0.2, 0.25) is 0 Å². The minimum Gasteiger partial charge on any atom is -0.483 e. The number of hydrogen-bond donors (Lipinski definition) is 2. The van der Waals surface area contributed by atoms with Gasteiger partial charge in [0, 0.05) is 4.88 Å². The van der Waals surface area contributed by atoms with Gasteiger partial charge in [0.25, 0.3) is 5.91 Å². The first-order chi connectivity index (χ1) is 16.0. The van der Waals surface area contributed by atoms with Crippen molar-refractivity contribution in [3.63, 3.8) is 0 Å². The van der Waals surface area contributed by atoms with Gasteiger partial charge < -0.3 is 14.8 Å². The van der Waals surface area contributed by atoms with Crippen LogP contribution in [0.5, 0.6) is 5.75 Å². The molecule has 33 heavy (non-hydrogen) atoms. The smallest absolute Gasteiger partial charge is 0.341 e. The van der Waals surface area contributed by atoms with Crippen molar-refractivity contribution in [1.29, 1.82) is 0 Å². The molecule has 0 aliphatic heterocycles. The van der Waals surface area contributed by atoms with Crippen LogP contribution in [0.1, 0.15) is 40.6 Å². The third-order valence-electron chi connectivity index (χ3n) is 5.32. The number of carbonyl (C=O) groups excluding carboxylic acids is 2. The second-order valence-electron chi connectivity index (χ2n) is 7.53. The highest BCUT2D eigenvalue weighted by molar-refractivity contribution is 9.10. The number of hydrogen-bond acceptors (Lipinski definition) is 6. The number of ether oxygens (including phenoxy) is 2. The third-order valence-corrected chi connectivity index (χ3v) is 7.55. The minimum absolute atomic E-state index is 0.116. The van der Waals surface area contributed by atoms with Crippen molar-refractivity contribution < 1.29 is 19.1 Å². The second-order valence-corrected chi connectivity index (χ2v) is 9.83. The first-order valence-corrected chi connectivity index (χ1v) is 12.7. The topological polar surface area (TPSA) is 76.7 Å². The number of benzene rings is 2. The van der Waals surface area contributed by atoms with E-state index in [1.165, 1.54) is 16.2 Å². The maximum atomic E-state index is 12.6. The van der Waals surface area contributed by atoms with Gasteiger partial charge in [-0.1, -0.05) is 30.3 Å². The van der Waals surface area contributed by atoms with Crippen molar-refractivity contribution in [2.24, 2.45) is 0 Å². The van der Waals surface area contributed by atoms with Crippen LogP contribution in [-0.4, -0.2) is 30.2 Å². The van der Waals surface area contributed by atoms with Crippen molar-refractivity contribution in [2.75, 3.05) is 18.5 Å². The van der Waals surface area contributed by atoms with Crippen LogP contribution in [0.2, 0.25) is 0 Å². The van der Waals surface area contributed by atoms with Crippen LogP contribution in [0, 0.1) is 0 Å². The Morgan fingerprint density at radius 3 is 2.76 bits per heavy atom. The van der Waals surface area contributed by atoms with Crippen molar-refractivity contribution in [2.45, 2.75) is 32.6 Å². The highest BCUT2D eigenvalue weighted by Crippen LogP contribution is 2.38. The summed E-state index contributed by atoms with van der Waals surface area (Å²) in [5, 5.41) is 8.46. The number of esters is 1. The highest BCUT2D eigenvalue weighted by Gasteiger charge is 2.27. The van der Waals surface area contributed by atoms with E-state index in [4.69, 9.17) is 21.7 Å². The molecule has 2 N–H and O–H groups in total. The summed E-state index contributed by atoms with van der Waals surface area (Å²) < 4.78 is 11.7. The van der Waals surface area contributed by atoms with Crippen LogP contribution in [0.4, 0.5) is 5.00 Å². The van der Waals surface area contributed by atoms with Crippen molar-refractivity contribution in [3.8, 4) is 5.75 Å². The van der Waals surface area contributed by atoms with Gasteiger partial charge in [-0.3, -0.25) is 10.1 Å². The van der Waals surface area contributed by atoms with Gasteiger partial charge in [0.1, 0.15) is 10.8 Å². The molecule has 0 atom stereocenters. The summed E-state index contributed by atoms with van der Waals surface area (Å²) in [7, 11) is 0. The largest absolute Gasteiger partial charge is 0.483 e. The maximum absolute atomic E-state index is 12.6. The Balaban J connectivity index is 1.40. The summed E-state index contributed by atoms with van der Waals surface area (Å²) >= 11 is 10.4. The molecule has 4 rings (SSSR count). The number of thiophene rings is 1. The van der Waals surface area contributed by atoms with E-state index in [2.05, 4.69) is 26.6 Å². The lowest BCUT2D eigenvalue weighted by Gasteiger charge is -2.13. The van der Waals surface area contributed by atoms with E-state index in [-0.39, 0.29) is 17.7 Å². The predicted octanol–water partition coefficient (Wildman–Crippen LogP) is 5.61. The maximum Gasteiger partial charge on any atom is 0.341 e. The lowest BCUT2D eigenvalue weighted by molar-refractivity contribution is -0.121. The lowest BCUT2D eigenvalue weighted by atomic mass is 9.95. The Morgan fingerprint density at radius 1 is 1.15 bits per heavy atom. The molecule has 0 saturated heterocycles. The molecule has 6 nitrogen and oxygen atoms in total. The minimum atomic E-state index is -0.397. The van der Waals surface area contributed by atoms with Crippen LogP contribution < -0.4 is 15.4 Å². The van der Waals surface area contributed by atoms with E-state index < -0.39 is 5.91 Å². The molecule has 9 heteroatoms.